The fourth-order valence-corrected chi connectivity index (χ4v) is 3.03. The van der Waals surface area contributed by atoms with E-state index < -0.39 is 11.9 Å². The summed E-state index contributed by atoms with van der Waals surface area (Å²) in [6.07, 6.45) is 0.808. The number of nitrogens with one attached hydrogen (secondary N) is 1. The number of ether oxygens (including phenoxy) is 1. The maximum Gasteiger partial charge on any atom is 0.274 e. The largest absolute Gasteiger partial charge is 0.375 e. The molecule has 1 saturated heterocycles. The van der Waals surface area contributed by atoms with Crippen LogP contribution in [-0.4, -0.2) is 59.1 Å². The van der Waals surface area contributed by atoms with Crippen molar-refractivity contribution < 1.29 is 13.9 Å². The van der Waals surface area contributed by atoms with Gasteiger partial charge in [-0.25, -0.2) is 4.98 Å². The minimum atomic E-state index is -0.619. The second-order valence-electron chi connectivity index (χ2n) is 6.04. The average Bonchev–Trinajstić information content (AvgIpc) is 2.93. The number of halogens is 1. The average molecular weight is 334 g/mol. The lowest BCUT2D eigenvalue weighted by atomic mass is 10.2. The predicted octanol–water partition coefficient (Wildman–Crippen LogP) is 1.62. The van der Waals surface area contributed by atoms with Gasteiger partial charge in [-0.05, 0) is 32.0 Å². The van der Waals surface area contributed by atoms with Crippen LogP contribution in [-0.2, 0) is 4.74 Å². The molecule has 0 saturated carbocycles. The van der Waals surface area contributed by atoms with Crippen molar-refractivity contribution in [2.24, 2.45) is 0 Å². The monoisotopic (exact) mass is 334 g/mol. The van der Waals surface area contributed by atoms with Gasteiger partial charge in [0.05, 0.1) is 12.7 Å². The third-order valence-corrected chi connectivity index (χ3v) is 4.42. The first kappa shape index (κ1) is 16.9. The highest BCUT2D eigenvalue weighted by molar-refractivity contribution is 5.93. The number of amides is 1. The lowest BCUT2D eigenvalue weighted by molar-refractivity contribution is -0.0296. The summed E-state index contributed by atoms with van der Waals surface area (Å²) in [7, 11) is 0. The van der Waals surface area contributed by atoms with Gasteiger partial charge in [0.1, 0.15) is 5.65 Å². The summed E-state index contributed by atoms with van der Waals surface area (Å²) in [6.45, 7) is 7.87. The minimum absolute atomic E-state index is 0.104. The maximum absolute atomic E-state index is 14.4. The second-order valence-corrected chi connectivity index (χ2v) is 6.04. The molecule has 1 aliphatic rings. The van der Waals surface area contributed by atoms with E-state index in [2.05, 4.69) is 22.1 Å². The smallest absolute Gasteiger partial charge is 0.274 e. The Bertz CT molecular complexity index is 731. The zero-order chi connectivity index (χ0) is 17.1. The molecule has 1 fully saturated rings. The van der Waals surface area contributed by atoms with Gasteiger partial charge in [-0.3, -0.25) is 14.1 Å². The third kappa shape index (κ3) is 3.42. The van der Waals surface area contributed by atoms with E-state index in [9.17, 15) is 9.18 Å². The molecule has 6 nitrogen and oxygen atoms in total. The molecule has 0 radical (unpaired) electrons. The van der Waals surface area contributed by atoms with Crippen molar-refractivity contribution in [3.63, 3.8) is 0 Å². The van der Waals surface area contributed by atoms with E-state index in [1.165, 1.54) is 4.40 Å². The van der Waals surface area contributed by atoms with Crippen molar-refractivity contribution >= 4 is 11.6 Å². The molecule has 24 heavy (non-hydrogen) atoms. The van der Waals surface area contributed by atoms with E-state index in [4.69, 9.17) is 4.74 Å². The van der Waals surface area contributed by atoms with Crippen LogP contribution in [0, 0.1) is 12.9 Å². The molecule has 1 aliphatic heterocycles. The summed E-state index contributed by atoms with van der Waals surface area (Å²) in [5.41, 5.74) is 0.975. The van der Waals surface area contributed by atoms with Gasteiger partial charge in [-0.1, -0.05) is 13.0 Å². The van der Waals surface area contributed by atoms with Crippen molar-refractivity contribution in [1.29, 1.82) is 0 Å². The number of morpholine rings is 1. The van der Waals surface area contributed by atoms with E-state index in [-0.39, 0.29) is 11.8 Å². The van der Waals surface area contributed by atoms with Gasteiger partial charge >= 0.3 is 0 Å². The van der Waals surface area contributed by atoms with Gasteiger partial charge in [0.15, 0.2) is 5.69 Å². The lowest BCUT2D eigenvalue weighted by Crippen LogP contribution is -2.43. The second kappa shape index (κ2) is 7.27. The number of carbonyl (C=O) groups is 1. The zero-order valence-electron chi connectivity index (χ0n) is 14.1. The first-order valence-electron chi connectivity index (χ1n) is 8.36. The Morgan fingerprint density at radius 2 is 2.33 bits per heavy atom. The Morgan fingerprint density at radius 1 is 1.50 bits per heavy atom. The molecule has 3 rings (SSSR count). The molecule has 130 valence electrons. The first-order chi connectivity index (χ1) is 11.6. The van der Waals surface area contributed by atoms with Gasteiger partial charge in [-0.2, -0.15) is 4.39 Å². The van der Waals surface area contributed by atoms with Crippen LogP contribution in [0.1, 0.15) is 29.5 Å². The molecule has 0 bridgehead atoms. The highest BCUT2D eigenvalue weighted by atomic mass is 19.1. The summed E-state index contributed by atoms with van der Waals surface area (Å²) in [5, 5.41) is 2.75. The number of pyridine rings is 1. The fourth-order valence-electron chi connectivity index (χ4n) is 3.03. The summed E-state index contributed by atoms with van der Waals surface area (Å²) in [5.74, 6) is -1.11. The van der Waals surface area contributed by atoms with Gasteiger partial charge in [0.25, 0.3) is 5.91 Å². The molecule has 7 heteroatoms. The lowest BCUT2D eigenvalue weighted by Gasteiger charge is -2.32. The first-order valence-corrected chi connectivity index (χ1v) is 8.36. The number of nitrogens with zero attached hydrogens (tertiary/aromatic N) is 3. The highest BCUT2D eigenvalue weighted by Gasteiger charge is 2.22. The van der Waals surface area contributed by atoms with Crippen molar-refractivity contribution in [2.75, 3.05) is 32.8 Å². The SMILES string of the molecule is CCN1CCO[C@@H](CCNC(=O)c2nc3cccc(C)n3c2F)C1. The molecule has 0 unspecified atom stereocenters. The molecular formula is C17H23FN4O2. The van der Waals surface area contributed by atoms with Crippen molar-refractivity contribution in [1.82, 2.24) is 19.6 Å². The van der Waals surface area contributed by atoms with E-state index in [0.29, 0.717) is 30.9 Å². The summed E-state index contributed by atoms with van der Waals surface area (Å²) in [6, 6.07) is 5.25. The number of likely N-dealkylation sites (N-methyl/N-ethyl adjacent to an activating group) is 1. The third-order valence-electron chi connectivity index (χ3n) is 4.42. The number of carbonyl (C=O) groups excluding carboxylic acids is 1. The number of aryl methyl sites for hydroxylation is 1. The molecule has 2 aromatic heterocycles. The topological polar surface area (TPSA) is 58.9 Å². The number of hydrogen-bond donors (Lipinski definition) is 1. The summed E-state index contributed by atoms with van der Waals surface area (Å²) < 4.78 is 21.5. The summed E-state index contributed by atoms with van der Waals surface area (Å²) in [4.78, 5) is 18.7. The minimum Gasteiger partial charge on any atom is -0.375 e. The van der Waals surface area contributed by atoms with Crippen LogP contribution in [0.15, 0.2) is 18.2 Å². The molecule has 0 spiro atoms. The van der Waals surface area contributed by atoms with Crippen LogP contribution in [0.25, 0.3) is 5.65 Å². The Labute approximate surface area is 140 Å². The normalized spacial score (nSPS) is 18.9. The molecule has 0 aromatic carbocycles. The quantitative estimate of drug-likeness (QED) is 0.903. The van der Waals surface area contributed by atoms with E-state index in [1.54, 1.807) is 25.1 Å². The molecule has 1 amide bonds. The Morgan fingerprint density at radius 3 is 3.08 bits per heavy atom. The van der Waals surface area contributed by atoms with E-state index in [0.717, 1.165) is 19.6 Å². The van der Waals surface area contributed by atoms with E-state index >= 15 is 0 Å². The Hall–Kier alpha value is -1.99. The molecule has 2 aromatic rings. The van der Waals surface area contributed by atoms with Crippen LogP contribution < -0.4 is 5.32 Å². The number of rotatable bonds is 5. The number of hydrogen-bond acceptors (Lipinski definition) is 4. The molecular weight excluding hydrogens is 311 g/mol. The van der Waals surface area contributed by atoms with Crippen LogP contribution in [0.5, 0.6) is 0 Å². The molecule has 1 atom stereocenters. The summed E-state index contributed by atoms with van der Waals surface area (Å²) >= 11 is 0. The zero-order valence-corrected chi connectivity index (χ0v) is 14.1. The van der Waals surface area contributed by atoms with Crippen molar-refractivity contribution in [2.45, 2.75) is 26.4 Å². The van der Waals surface area contributed by atoms with Crippen LogP contribution in [0.3, 0.4) is 0 Å². The van der Waals surface area contributed by atoms with Crippen LogP contribution >= 0.6 is 0 Å². The highest BCUT2D eigenvalue weighted by Crippen LogP contribution is 2.14. The van der Waals surface area contributed by atoms with Gasteiger partial charge in [0.2, 0.25) is 5.95 Å². The Kier molecular flexibility index (Phi) is 5.11. The molecule has 1 N–H and O–H groups in total. The van der Waals surface area contributed by atoms with Crippen molar-refractivity contribution in [3.8, 4) is 0 Å². The number of fused-ring (bicyclic) bond motifs is 1. The fraction of sp³-hybridized carbons (Fsp3) is 0.529. The standard InChI is InChI=1S/C17H23FN4O2/c1-3-21-9-10-24-13(11-21)7-8-19-17(23)15-16(18)22-12(2)5-4-6-14(22)20-15/h4-6,13H,3,7-11H2,1-2H3,(H,19,23)/t13-/m0/s1. The number of aromatic nitrogens is 2. The van der Waals surface area contributed by atoms with Gasteiger partial charge in [-0.15, -0.1) is 0 Å². The van der Waals surface area contributed by atoms with Crippen molar-refractivity contribution in [3.05, 3.63) is 35.5 Å². The maximum atomic E-state index is 14.4. The van der Waals surface area contributed by atoms with Crippen LogP contribution in [0.4, 0.5) is 4.39 Å². The van der Waals surface area contributed by atoms with Crippen LogP contribution in [0.2, 0.25) is 0 Å². The number of imidazole rings is 1. The van der Waals surface area contributed by atoms with Gasteiger partial charge in [0, 0.05) is 25.3 Å². The molecule has 3 heterocycles. The van der Waals surface area contributed by atoms with Gasteiger partial charge < -0.3 is 10.1 Å². The van der Waals surface area contributed by atoms with E-state index in [1.807, 2.05) is 0 Å². The molecule has 0 aliphatic carbocycles. The Balaban J connectivity index is 1.59. The predicted molar refractivity (Wildman–Crippen MR) is 88.7 cm³/mol.